The van der Waals surface area contributed by atoms with Crippen LogP contribution in [-0.4, -0.2) is 15.1 Å². The van der Waals surface area contributed by atoms with Crippen LogP contribution in [0.3, 0.4) is 0 Å². The van der Waals surface area contributed by atoms with Gasteiger partial charge in [-0.1, -0.05) is 34.6 Å². The van der Waals surface area contributed by atoms with Crippen LogP contribution in [0.4, 0.5) is 0 Å². The van der Waals surface area contributed by atoms with Crippen molar-refractivity contribution >= 4 is 0 Å². The zero-order chi connectivity index (χ0) is 11.6. The molecule has 0 aliphatic heterocycles. The molecule has 84 valence electrons. The standard InChI is InChI=1S/C12H20N2O/c1-8(2)10(15)9-6-13-11(14-7-9)12(3,4)5/h6-8,10,15H,1-5H3/t10-/m0/s1. The van der Waals surface area contributed by atoms with Crippen LogP contribution in [0, 0.1) is 5.92 Å². The average molecular weight is 208 g/mol. The fourth-order valence-electron chi connectivity index (χ4n) is 1.26. The molecule has 0 amide bonds. The van der Waals surface area contributed by atoms with Crippen molar-refractivity contribution in [1.82, 2.24) is 9.97 Å². The third-order valence-electron chi connectivity index (χ3n) is 2.32. The monoisotopic (exact) mass is 208 g/mol. The van der Waals surface area contributed by atoms with E-state index < -0.39 is 6.10 Å². The number of hydrogen-bond acceptors (Lipinski definition) is 3. The minimum absolute atomic E-state index is 0.0404. The normalized spacial score (nSPS) is 14.3. The maximum Gasteiger partial charge on any atom is 0.133 e. The lowest BCUT2D eigenvalue weighted by Gasteiger charge is -2.18. The first-order valence-corrected chi connectivity index (χ1v) is 5.33. The van der Waals surface area contributed by atoms with Gasteiger partial charge in [0.05, 0.1) is 6.10 Å². The molecule has 0 unspecified atom stereocenters. The van der Waals surface area contributed by atoms with Crippen molar-refractivity contribution in [3.63, 3.8) is 0 Å². The minimum atomic E-state index is -0.473. The average Bonchev–Trinajstić information content (AvgIpc) is 2.15. The van der Waals surface area contributed by atoms with E-state index in [0.717, 1.165) is 11.4 Å². The molecule has 1 N–H and O–H groups in total. The molecule has 0 aromatic carbocycles. The molecule has 15 heavy (non-hydrogen) atoms. The minimum Gasteiger partial charge on any atom is -0.388 e. The highest BCUT2D eigenvalue weighted by Gasteiger charge is 2.18. The highest BCUT2D eigenvalue weighted by molar-refractivity contribution is 5.12. The van der Waals surface area contributed by atoms with Gasteiger partial charge in [0.1, 0.15) is 5.82 Å². The SMILES string of the molecule is CC(C)[C@H](O)c1cnc(C(C)(C)C)nc1. The largest absolute Gasteiger partial charge is 0.388 e. The smallest absolute Gasteiger partial charge is 0.133 e. The van der Waals surface area contributed by atoms with Crippen LogP contribution in [0.1, 0.15) is 52.1 Å². The van der Waals surface area contributed by atoms with E-state index in [4.69, 9.17) is 0 Å². The van der Waals surface area contributed by atoms with Gasteiger partial charge in [0.2, 0.25) is 0 Å². The van der Waals surface area contributed by atoms with Crippen LogP contribution in [0.15, 0.2) is 12.4 Å². The lowest BCUT2D eigenvalue weighted by Crippen LogP contribution is -2.17. The Balaban J connectivity index is 2.91. The van der Waals surface area contributed by atoms with E-state index in [9.17, 15) is 5.11 Å². The van der Waals surface area contributed by atoms with Crippen molar-refractivity contribution in [1.29, 1.82) is 0 Å². The van der Waals surface area contributed by atoms with Crippen LogP contribution < -0.4 is 0 Å². The van der Waals surface area contributed by atoms with Crippen molar-refractivity contribution in [2.75, 3.05) is 0 Å². The quantitative estimate of drug-likeness (QED) is 0.812. The Morgan fingerprint density at radius 1 is 1.13 bits per heavy atom. The van der Waals surface area contributed by atoms with Gasteiger partial charge < -0.3 is 5.11 Å². The Hall–Kier alpha value is -0.960. The molecule has 0 spiro atoms. The summed E-state index contributed by atoms with van der Waals surface area (Å²) in [4.78, 5) is 8.56. The van der Waals surface area contributed by atoms with Crippen LogP contribution >= 0.6 is 0 Å². The molecule has 3 heteroatoms. The zero-order valence-corrected chi connectivity index (χ0v) is 10.2. The molecule has 0 aliphatic carbocycles. The molecule has 1 atom stereocenters. The van der Waals surface area contributed by atoms with Crippen molar-refractivity contribution < 1.29 is 5.11 Å². The van der Waals surface area contributed by atoms with Gasteiger partial charge in [-0.3, -0.25) is 0 Å². The highest BCUT2D eigenvalue weighted by atomic mass is 16.3. The van der Waals surface area contributed by atoms with Gasteiger partial charge in [0.25, 0.3) is 0 Å². The van der Waals surface area contributed by atoms with Crippen molar-refractivity contribution in [2.24, 2.45) is 5.92 Å². The lowest BCUT2D eigenvalue weighted by atomic mass is 9.95. The molecule has 0 saturated heterocycles. The molecule has 1 rings (SSSR count). The summed E-state index contributed by atoms with van der Waals surface area (Å²) in [5.74, 6) is 0.997. The van der Waals surface area contributed by atoms with E-state index in [1.54, 1.807) is 12.4 Å². The van der Waals surface area contributed by atoms with E-state index in [1.807, 2.05) is 13.8 Å². The Morgan fingerprint density at radius 2 is 1.60 bits per heavy atom. The zero-order valence-electron chi connectivity index (χ0n) is 10.2. The molecule has 0 saturated carbocycles. The maximum atomic E-state index is 9.81. The third-order valence-corrected chi connectivity index (χ3v) is 2.32. The summed E-state index contributed by atoms with van der Waals surface area (Å²) in [5.41, 5.74) is 0.749. The van der Waals surface area contributed by atoms with Crippen molar-refractivity contribution in [3.8, 4) is 0 Å². The van der Waals surface area contributed by atoms with Gasteiger partial charge in [-0.25, -0.2) is 9.97 Å². The second-order valence-electron chi connectivity index (χ2n) is 5.28. The Morgan fingerprint density at radius 3 is 1.93 bits per heavy atom. The number of nitrogens with zero attached hydrogens (tertiary/aromatic N) is 2. The predicted octanol–water partition coefficient (Wildman–Crippen LogP) is 2.46. The summed E-state index contributed by atoms with van der Waals surface area (Å²) in [5, 5.41) is 9.81. The molecular weight excluding hydrogens is 188 g/mol. The Bertz CT molecular complexity index is 311. The van der Waals surface area contributed by atoms with Gasteiger partial charge >= 0.3 is 0 Å². The Kier molecular flexibility index (Phi) is 3.45. The van der Waals surface area contributed by atoms with E-state index in [1.165, 1.54) is 0 Å². The van der Waals surface area contributed by atoms with E-state index in [2.05, 4.69) is 30.7 Å². The summed E-state index contributed by atoms with van der Waals surface area (Å²) < 4.78 is 0. The molecule has 0 radical (unpaired) electrons. The van der Waals surface area contributed by atoms with Crippen molar-refractivity contribution in [2.45, 2.75) is 46.1 Å². The third kappa shape index (κ3) is 2.99. The topological polar surface area (TPSA) is 46.0 Å². The number of aliphatic hydroxyl groups excluding tert-OH is 1. The van der Waals surface area contributed by atoms with E-state index in [0.29, 0.717) is 0 Å². The summed E-state index contributed by atoms with van der Waals surface area (Å²) in [6.45, 7) is 10.2. The fraction of sp³-hybridized carbons (Fsp3) is 0.667. The van der Waals surface area contributed by atoms with Gasteiger partial charge in [-0.05, 0) is 5.92 Å². The fourth-order valence-corrected chi connectivity index (χ4v) is 1.26. The van der Waals surface area contributed by atoms with Gasteiger partial charge in [0, 0.05) is 23.4 Å². The molecule has 0 bridgehead atoms. The lowest BCUT2D eigenvalue weighted by molar-refractivity contribution is 0.126. The summed E-state index contributed by atoms with van der Waals surface area (Å²) in [6, 6.07) is 0. The van der Waals surface area contributed by atoms with Crippen LogP contribution in [0.5, 0.6) is 0 Å². The first-order valence-electron chi connectivity index (χ1n) is 5.33. The number of aromatic nitrogens is 2. The van der Waals surface area contributed by atoms with Crippen LogP contribution in [-0.2, 0) is 5.41 Å². The number of aliphatic hydroxyl groups is 1. The number of hydrogen-bond donors (Lipinski definition) is 1. The van der Waals surface area contributed by atoms with Crippen LogP contribution in [0.2, 0.25) is 0 Å². The summed E-state index contributed by atoms with van der Waals surface area (Å²) >= 11 is 0. The van der Waals surface area contributed by atoms with E-state index in [-0.39, 0.29) is 11.3 Å². The Labute approximate surface area is 91.6 Å². The van der Waals surface area contributed by atoms with Crippen LogP contribution in [0.25, 0.3) is 0 Å². The highest BCUT2D eigenvalue weighted by Crippen LogP contribution is 2.22. The first kappa shape index (κ1) is 12.1. The summed E-state index contributed by atoms with van der Waals surface area (Å²) in [6.07, 6.45) is 2.97. The predicted molar refractivity (Wildman–Crippen MR) is 60.5 cm³/mol. The van der Waals surface area contributed by atoms with Gasteiger partial charge in [-0.2, -0.15) is 0 Å². The van der Waals surface area contributed by atoms with Crippen molar-refractivity contribution in [3.05, 3.63) is 23.8 Å². The maximum absolute atomic E-state index is 9.81. The molecule has 3 nitrogen and oxygen atoms in total. The van der Waals surface area contributed by atoms with Gasteiger partial charge in [-0.15, -0.1) is 0 Å². The second kappa shape index (κ2) is 4.27. The van der Waals surface area contributed by atoms with E-state index >= 15 is 0 Å². The van der Waals surface area contributed by atoms with Gasteiger partial charge in [0.15, 0.2) is 0 Å². The number of rotatable bonds is 2. The molecule has 1 heterocycles. The molecule has 1 aromatic heterocycles. The molecule has 0 aliphatic rings. The summed E-state index contributed by atoms with van der Waals surface area (Å²) in [7, 11) is 0. The first-order chi connectivity index (χ1) is 6.82. The molecule has 1 aromatic rings. The molecule has 0 fully saturated rings. The molecular formula is C12H20N2O. The second-order valence-corrected chi connectivity index (χ2v) is 5.28.